The van der Waals surface area contributed by atoms with Crippen LogP contribution in [0, 0.1) is 0 Å². The maximum atomic E-state index is 12.3. The van der Waals surface area contributed by atoms with Gasteiger partial charge >= 0.3 is 5.97 Å². The lowest BCUT2D eigenvalue weighted by Gasteiger charge is -2.29. The standard InChI is InChI=1S/C13H21NO5/c1-2-18-12(15)5-6-14(10-3-4-10)13(16)11-9-17-7-8-19-11/h10-11H,2-9H2,1H3/t11-/m1/s1. The van der Waals surface area contributed by atoms with Crippen LogP contribution in [0.2, 0.25) is 0 Å². The average Bonchev–Trinajstić information content (AvgIpc) is 3.25. The van der Waals surface area contributed by atoms with E-state index in [0.29, 0.717) is 33.0 Å². The van der Waals surface area contributed by atoms with E-state index in [9.17, 15) is 9.59 Å². The monoisotopic (exact) mass is 271 g/mol. The first-order chi connectivity index (χ1) is 9.22. The van der Waals surface area contributed by atoms with Gasteiger partial charge in [0.05, 0.1) is 32.8 Å². The summed E-state index contributed by atoms with van der Waals surface area (Å²) >= 11 is 0. The molecule has 6 nitrogen and oxygen atoms in total. The average molecular weight is 271 g/mol. The largest absolute Gasteiger partial charge is 0.466 e. The number of nitrogens with zero attached hydrogens (tertiary/aromatic N) is 1. The Bertz CT molecular complexity index is 323. The zero-order valence-corrected chi connectivity index (χ0v) is 11.3. The minimum absolute atomic E-state index is 0.0634. The van der Waals surface area contributed by atoms with Gasteiger partial charge in [0.25, 0.3) is 5.91 Å². The van der Waals surface area contributed by atoms with Gasteiger partial charge in [-0.15, -0.1) is 0 Å². The summed E-state index contributed by atoms with van der Waals surface area (Å²) in [6.07, 6.45) is 1.73. The fourth-order valence-electron chi connectivity index (χ4n) is 2.12. The van der Waals surface area contributed by atoms with Gasteiger partial charge in [0, 0.05) is 12.6 Å². The molecule has 0 N–H and O–H groups in total. The number of hydrogen-bond donors (Lipinski definition) is 0. The third kappa shape index (κ3) is 4.18. The second kappa shape index (κ2) is 6.86. The normalized spacial score (nSPS) is 22.9. The van der Waals surface area contributed by atoms with Crippen LogP contribution in [-0.4, -0.2) is 61.9 Å². The quantitative estimate of drug-likeness (QED) is 0.652. The molecule has 108 valence electrons. The molecule has 1 saturated carbocycles. The highest BCUT2D eigenvalue weighted by atomic mass is 16.6. The molecule has 1 atom stereocenters. The summed E-state index contributed by atoms with van der Waals surface area (Å²) in [6, 6.07) is 0.257. The Morgan fingerprint density at radius 2 is 2.11 bits per heavy atom. The van der Waals surface area contributed by atoms with Crippen molar-refractivity contribution in [2.45, 2.75) is 38.3 Å². The zero-order chi connectivity index (χ0) is 13.7. The van der Waals surface area contributed by atoms with Crippen LogP contribution in [-0.2, 0) is 23.8 Å². The number of esters is 1. The van der Waals surface area contributed by atoms with Gasteiger partial charge in [-0.2, -0.15) is 0 Å². The molecule has 2 fully saturated rings. The van der Waals surface area contributed by atoms with Crippen molar-refractivity contribution in [3.63, 3.8) is 0 Å². The summed E-state index contributed by atoms with van der Waals surface area (Å²) in [5.74, 6) is -0.326. The van der Waals surface area contributed by atoms with Crippen LogP contribution in [0.25, 0.3) is 0 Å². The lowest BCUT2D eigenvalue weighted by Crippen LogP contribution is -2.47. The van der Waals surface area contributed by atoms with Crippen molar-refractivity contribution in [2.24, 2.45) is 0 Å². The molecule has 1 saturated heterocycles. The molecule has 0 aromatic heterocycles. The van der Waals surface area contributed by atoms with E-state index in [1.807, 2.05) is 0 Å². The van der Waals surface area contributed by atoms with Crippen LogP contribution in [0.3, 0.4) is 0 Å². The minimum atomic E-state index is -0.517. The number of carbonyl (C=O) groups is 2. The first-order valence-electron chi connectivity index (χ1n) is 6.87. The highest BCUT2D eigenvalue weighted by Gasteiger charge is 2.37. The van der Waals surface area contributed by atoms with Crippen LogP contribution in [0.15, 0.2) is 0 Å². The molecular weight excluding hydrogens is 250 g/mol. The summed E-state index contributed by atoms with van der Waals surface area (Å²) in [5.41, 5.74) is 0. The van der Waals surface area contributed by atoms with Crippen molar-refractivity contribution < 1.29 is 23.8 Å². The first-order valence-corrected chi connectivity index (χ1v) is 6.87. The van der Waals surface area contributed by atoms with Gasteiger partial charge in [-0.1, -0.05) is 0 Å². The highest BCUT2D eigenvalue weighted by molar-refractivity contribution is 5.82. The maximum Gasteiger partial charge on any atom is 0.307 e. The number of rotatable bonds is 6. The van der Waals surface area contributed by atoms with Crippen LogP contribution < -0.4 is 0 Å². The SMILES string of the molecule is CCOC(=O)CCN(C(=O)[C@H]1COCCO1)C1CC1. The lowest BCUT2D eigenvalue weighted by molar-refractivity contribution is -0.159. The van der Waals surface area contributed by atoms with E-state index in [-0.39, 0.29) is 24.3 Å². The zero-order valence-electron chi connectivity index (χ0n) is 11.3. The molecule has 1 heterocycles. The maximum absolute atomic E-state index is 12.3. The molecule has 0 spiro atoms. The van der Waals surface area contributed by atoms with Gasteiger partial charge in [-0.3, -0.25) is 9.59 Å². The lowest BCUT2D eigenvalue weighted by atomic mass is 10.2. The van der Waals surface area contributed by atoms with Crippen molar-refractivity contribution in [3.05, 3.63) is 0 Å². The number of carbonyl (C=O) groups excluding carboxylic acids is 2. The van der Waals surface area contributed by atoms with Crippen LogP contribution in [0.1, 0.15) is 26.2 Å². The van der Waals surface area contributed by atoms with E-state index in [2.05, 4.69) is 0 Å². The molecule has 6 heteroatoms. The second-order valence-corrected chi connectivity index (χ2v) is 4.75. The van der Waals surface area contributed by atoms with Crippen molar-refractivity contribution in [1.29, 1.82) is 0 Å². The molecule has 2 aliphatic rings. The number of amides is 1. The molecule has 0 bridgehead atoms. The van der Waals surface area contributed by atoms with Crippen LogP contribution in [0.4, 0.5) is 0 Å². The second-order valence-electron chi connectivity index (χ2n) is 4.75. The van der Waals surface area contributed by atoms with Crippen LogP contribution in [0.5, 0.6) is 0 Å². The topological polar surface area (TPSA) is 65.1 Å². The molecule has 19 heavy (non-hydrogen) atoms. The molecular formula is C13H21NO5. The minimum Gasteiger partial charge on any atom is -0.466 e. The van der Waals surface area contributed by atoms with E-state index in [0.717, 1.165) is 12.8 Å². The predicted octanol–water partition coefficient (Wildman–Crippen LogP) is 0.346. The summed E-state index contributed by atoms with van der Waals surface area (Å²) in [5, 5.41) is 0. The Labute approximate surface area is 113 Å². The molecule has 0 aromatic carbocycles. The van der Waals surface area contributed by atoms with E-state index in [1.165, 1.54) is 0 Å². The molecule has 0 aromatic rings. The van der Waals surface area contributed by atoms with Gasteiger partial charge in [-0.05, 0) is 19.8 Å². The smallest absolute Gasteiger partial charge is 0.307 e. The van der Waals surface area contributed by atoms with E-state index in [4.69, 9.17) is 14.2 Å². The Kier molecular flexibility index (Phi) is 5.15. The summed E-state index contributed by atoms with van der Waals surface area (Å²) in [7, 11) is 0. The van der Waals surface area contributed by atoms with Crippen molar-refractivity contribution >= 4 is 11.9 Å². The molecule has 0 unspecified atom stereocenters. The molecule has 1 amide bonds. The van der Waals surface area contributed by atoms with Crippen LogP contribution >= 0.6 is 0 Å². The van der Waals surface area contributed by atoms with E-state index in [1.54, 1.807) is 11.8 Å². The predicted molar refractivity (Wildman–Crippen MR) is 66.5 cm³/mol. The van der Waals surface area contributed by atoms with Gasteiger partial charge in [0.2, 0.25) is 0 Å². The summed E-state index contributed by atoms with van der Waals surface area (Å²) < 4.78 is 15.6. The van der Waals surface area contributed by atoms with Crippen molar-refractivity contribution in [3.8, 4) is 0 Å². The van der Waals surface area contributed by atoms with Crippen molar-refractivity contribution in [1.82, 2.24) is 4.90 Å². The molecule has 1 aliphatic heterocycles. The van der Waals surface area contributed by atoms with Gasteiger partial charge in [0.1, 0.15) is 0 Å². The fourth-order valence-corrected chi connectivity index (χ4v) is 2.12. The Morgan fingerprint density at radius 1 is 1.32 bits per heavy atom. The van der Waals surface area contributed by atoms with E-state index >= 15 is 0 Å². The Balaban J connectivity index is 1.84. The summed E-state index contributed by atoms with van der Waals surface area (Å²) in [4.78, 5) is 25.4. The van der Waals surface area contributed by atoms with E-state index < -0.39 is 6.10 Å². The third-order valence-corrected chi connectivity index (χ3v) is 3.22. The number of hydrogen-bond acceptors (Lipinski definition) is 5. The highest BCUT2D eigenvalue weighted by Crippen LogP contribution is 2.28. The number of ether oxygens (including phenoxy) is 3. The van der Waals surface area contributed by atoms with Gasteiger partial charge < -0.3 is 19.1 Å². The first kappa shape index (κ1) is 14.3. The molecule has 1 aliphatic carbocycles. The molecule has 0 radical (unpaired) electrons. The van der Waals surface area contributed by atoms with Gasteiger partial charge in [0.15, 0.2) is 6.10 Å². The third-order valence-electron chi connectivity index (χ3n) is 3.22. The molecule has 2 rings (SSSR count). The Hall–Kier alpha value is -1.14. The van der Waals surface area contributed by atoms with Crippen molar-refractivity contribution in [2.75, 3.05) is 33.0 Å². The Morgan fingerprint density at radius 3 is 2.68 bits per heavy atom. The summed E-state index contributed by atoms with van der Waals surface area (Å²) in [6.45, 7) is 3.84. The fraction of sp³-hybridized carbons (Fsp3) is 0.846. The van der Waals surface area contributed by atoms with Gasteiger partial charge in [-0.25, -0.2) is 0 Å².